The maximum Gasteiger partial charge on any atom is 0.240 e. The fraction of sp³-hybridized carbons (Fsp3) is 0.377. The van der Waals surface area contributed by atoms with E-state index in [9.17, 15) is 9.18 Å². The number of aryl methyl sites for hydroxylation is 1. The van der Waals surface area contributed by atoms with Crippen molar-refractivity contribution >= 4 is 40.0 Å². The number of piperidine rings is 1. The van der Waals surface area contributed by atoms with Crippen LogP contribution in [0.15, 0.2) is 103 Å². The number of alkyl halides is 1. The number of nitrogens with zero attached hydrogens (tertiary/aromatic N) is 3. The molecule has 0 unspecified atom stereocenters. The van der Waals surface area contributed by atoms with Gasteiger partial charge in [0.25, 0.3) is 0 Å². The van der Waals surface area contributed by atoms with Crippen molar-refractivity contribution < 1.29 is 32.9 Å². The molecule has 2 fully saturated rings. The van der Waals surface area contributed by atoms with Gasteiger partial charge in [-0.05, 0) is 115 Å². The largest absolute Gasteiger partial charge is 0.497 e. The maximum atomic E-state index is 14.1. The number of rotatable bonds is 21. The van der Waals surface area contributed by atoms with Gasteiger partial charge in [0.05, 0.1) is 21.3 Å². The van der Waals surface area contributed by atoms with Gasteiger partial charge >= 0.3 is 0 Å². The third-order valence-electron chi connectivity index (χ3n) is 13.1. The monoisotopic (exact) mass is 966 g/mol. The summed E-state index contributed by atoms with van der Waals surface area (Å²) in [4.78, 5) is 19.0. The Labute approximate surface area is 408 Å². The van der Waals surface area contributed by atoms with E-state index in [-0.39, 0.29) is 5.91 Å². The van der Waals surface area contributed by atoms with E-state index in [4.69, 9.17) is 46.9 Å². The van der Waals surface area contributed by atoms with Crippen molar-refractivity contribution in [1.29, 1.82) is 0 Å². The quantitative estimate of drug-likeness (QED) is 0.0605. The lowest BCUT2D eigenvalue weighted by Gasteiger charge is -2.37. The van der Waals surface area contributed by atoms with E-state index in [0.29, 0.717) is 77.9 Å². The minimum absolute atomic E-state index is 0.00594. The van der Waals surface area contributed by atoms with Crippen LogP contribution in [-0.2, 0) is 37.6 Å². The molecule has 360 valence electrons. The molecule has 2 aliphatic heterocycles. The maximum absolute atomic E-state index is 14.1. The molecule has 1 amide bonds. The molecule has 0 aliphatic carbocycles. The van der Waals surface area contributed by atoms with E-state index in [1.165, 1.54) is 5.56 Å². The zero-order valence-corrected chi connectivity index (χ0v) is 40.6. The van der Waals surface area contributed by atoms with Crippen LogP contribution in [0.4, 0.5) is 4.39 Å². The van der Waals surface area contributed by atoms with E-state index in [1.54, 1.807) is 33.5 Å². The van der Waals surface area contributed by atoms with Crippen LogP contribution in [0, 0.1) is 0 Å². The fourth-order valence-corrected chi connectivity index (χ4v) is 9.72. The smallest absolute Gasteiger partial charge is 0.240 e. The number of carbonyl (C=O) groups excluding carboxylic acids is 1. The van der Waals surface area contributed by atoms with Crippen molar-refractivity contribution in [3.63, 3.8) is 0 Å². The molecule has 2 aliphatic rings. The second-order valence-electron chi connectivity index (χ2n) is 17.4. The van der Waals surface area contributed by atoms with E-state index in [1.807, 2.05) is 66.7 Å². The molecule has 8 rings (SSSR count). The Balaban J connectivity index is 0.897. The number of benzene rings is 5. The first kappa shape index (κ1) is 48.9. The lowest BCUT2D eigenvalue weighted by atomic mass is 9.87. The summed E-state index contributed by atoms with van der Waals surface area (Å²) in [5.74, 6) is 3.08. The third kappa shape index (κ3) is 12.0. The Hall–Kier alpha value is -5.54. The standard InChI is InChI=1S/C53H61Cl2FN6O6/c1-64-42-26-39(27-43(30-42)65-2)35-67-50-15-9-37(29-51(50)66-3)31-59-53(16-19-57-20-17-53)52(63)58-18-5-21-62-34-45(40-10-12-41(13-11-40)68-36-56)44-28-38(8-14-49(44)62)32-60-22-24-61(25-23-60)33-46-47(54)6-4-7-48(46)55/h4,6-15,26-30,34,57,59H,5,16-25,31-33,35-36H2,1-3H3,(H,58,63). The number of halogens is 3. The number of fused-ring (bicyclic) bond motifs is 1. The summed E-state index contributed by atoms with van der Waals surface area (Å²) in [6.07, 6.45) is 4.25. The second-order valence-corrected chi connectivity index (χ2v) is 18.2. The number of ether oxygens (including phenoxy) is 5. The summed E-state index contributed by atoms with van der Waals surface area (Å²) in [7, 11) is 4.86. The van der Waals surface area contributed by atoms with Gasteiger partial charge in [0, 0.05) is 103 Å². The molecule has 12 nitrogen and oxygen atoms in total. The minimum Gasteiger partial charge on any atom is -0.497 e. The van der Waals surface area contributed by atoms with E-state index in [2.05, 4.69) is 54.7 Å². The molecule has 15 heteroatoms. The number of aromatic nitrogens is 1. The van der Waals surface area contributed by atoms with E-state index >= 15 is 0 Å². The van der Waals surface area contributed by atoms with Crippen LogP contribution in [0.2, 0.25) is 10.0 Å². The van der Waals surface area contributed by atoms with Gasteiger partial charge in [-0.15, -0.1) is 0 Å². The van der Waals surface area contributed by atoms with Crippen molar-refractivity contribution in [3.8, 4) is 39.9 Å². The molecule has 0 spiro atoms. The van der Waals surface area contributed by atoms with Gasteiger partial charge in [-0.1, -0.05) is 53.5 Å². The second kappa shape index (κ2) is 23.2. The first-order valence-electron chi connectivity index (χ1n) is 23.2. The van der Waals surface area contributed by atoms with Crippen LogP contribution in [0.25, 0.3) is 22.0 Å². The number of carbonyl (C=O) groups is 1. The predicted octanol–water partition coefficient (Wildman–Crippen LogP) is 9.26. The number of hydrogen-bond donors (Lipinski definition) is 3. The van der Waals surface area contributed by atoms with Crippen molar-refractivity contribution in [2.75, 3.05) is 74.0 Å². The third-order valence-corrected chi connectivity index (χ3v) is 13.8. The first-order chi connectivity index (χ1) is 33.2. The molecular formula is C53H61Cl2FN6O6. The van der Waals surface area contributed by atoms with Crippen LogP contribution in [0.1, 0.15) is 41.5 Å². The number of nitrogens with one attached hydrogen (secondary N) is 3. The number of piperazine rings is 1. The van der Waals surface area contributed by atoms with Gasteiger partial charge in [-0.2, -0.15) is 0 Å². The highest BCUT2D eigenvalue weighted by molar-refractivity contribution is 6.36. The lowest BCUT2D eigenvalue weighted by molar-refractivity contribution is -0.128. The topological polar surface area (TPSA) is 111 Å². The molecule has 6 aromatic rings. The summed E-state index contributed by atoms with van der Waals surface area (Å²) in [5.41, 5.74) is 6.59. The zero-order chi connectivity index (χ0) is 47.5. The Kier molecular flexibility index (Phi) is 16.7. The van der Waals surface area contributed by atoms with Crippen LogP contribution in [0.3, 0.4) is 0 Å². The Bertz CT molecular complexity index is 2590. The van der Waals surface area contributed by atoms with Crippen LogP contribution < -0.4 is 39.6 Å². The lowest BCUT2D eigenvalue weighted by Crippen LogP contribution is -2.61. The van der Waals surface area contributed by atoms with Gasteiger partial charge < -0.3 is 38.9 Å². The van der Waals surface area contributed by atoms with Gasteiger partial charge in [0.2, 0.25) is 12.8 Å². The highest BCUT2D eigenvalue weighted by Gasteiger charge is 2.39. The molecule has 3 heterocycles. The first-order valence-corrected chi connectivity index (χ1v) is 24.0. The average molecular weight is 968 g/mol. The molecular weight excluding hydrogens is 907 g/mol. The summed E-state index contributed by atoms with van der Waals surface area (Å²) in [6.45, 7) is 7.88. The molecule has 3 N–H and O–H groups in total. The SMILES string of the molecule is COc1cc(COc2ccc(CNC3(C(=O)NCCCn4cc(-c5ccc(OCF)cc5)c5cc(CN6CCN(Cc7c(Cl)cccc7Cl)CC6)ccc54)CCNCC3)cc2OC)cc(OC)c1. The van der Waals surface area contributed by atoms with Crippen LogP contribution in [0.5, 0.6) is 28.7 Å². The summed E-state index contributed by atoms with van der Waals surface area (Å²) >= 11 is 13.0. The van der Waals surface area contributed by atoms with E-state index < -0.39 is 12.4 Å². The molecule has 0 bridgehead atoms. The summed E-state index contributed by atoms with van der Waals surface area (Å²) < 4.78 is 43.1. The molecule has 1 aromatic heterocycles. The van der Waals surface area contributed by atoms with Gasteiger partial charge in [0.1, 0.15) is 29.4 Å². The minimum atomic E-state index is -0.877. The van der Waals surface area contributed by atoms with Gasteiger partial charge in [-0.25, -0.2) is 4.39 Å². The molecule has 0 radical (unpaired) electrons. The Morgan fingerprint density at radius 2 is 1.43 bits per heavy atom. The van der Waals surface area contributed by atoms with E-state index in [0.717, 1.165) is 97.5 Å². The molecule has 68 heavy (non-hydrogen) atoms. The predicted molar refractivity (Wildman–Crippen MR) is 267 cm³/mol. The molecule has 5 aromatic carbocycles. The normalized spacial score (nSPS) is 15.3. The highest BCUT2D eigenvalue weighted by Crippen LogP contribution is 2.35. The highest BCUT2D eigenvalue weighted by atomic mass is 35.5. The molecule has 0 saturated carbocycles. The zero-order valence-electron chi connectivity index (χ0n) is 39.1. The average Bonchev–Trinajstić information content (AvgIpc) is 3.73. The summed E-state index contributed by atoms with van der Waals surface area (Å²) in [6, 6.07) is 31.5. The molecule has 0 atom stereocenters. The number of methoxy groups -OCH3 is 3. The van der Waals surface area contributed by atoms with Crippen LogP contribution in [-0.4, -0.2) is 99.8 Å². The van der Waals surface area contributed by atoms with Crippen molar-refractivity contribution in [3.05, 3.63) is 136 Å². The Morgan fingerprint density at radius 1 is 0.735 bits per heavy atom. The van der Waals surface area contributed by atoms with Crippen molar-refractivity contribution in [1.82, 2.24) is 30.3 Å². The number of amides is 1. The van der Waals surface area contributed by atoms with Gasteiger partial charge in [0.15, 0.2) is 11.5 Å². The van der Waals surface area contributed by atoms with Crippen molar-refractivity contribution in [2.45, 2.75) is 57.6 Å². The van der Waals surface area contributed by atoms with Crippen LogP contribution >= 0.6 is 23.2 Å². The summed E-state index contributed by atoms with van der Waals surface area (Å²) in [5, 5.41) is 12.9. The molecule has 2 saturated heterocycles. The fourth-order valence-electron chi connectivity index (χ4n) is 9.20. The van der Waals surface area contributed by atoms with Gasteiger partial charge in [-0.3, -0.25) is 19.9 Å². The number of hydrogen-bond acceptors (Lipinski definition) is 10. The van der Waals surface area contributed by atoms with Crippen molar-refractivity contribution in [2.24, 2.45) is 0 Å². The Morgan fingerprint density at radius 3 is 2.10 bits per heavy atom.